The zero-order chi connectivity index (χ0) is 11.8. The van der Waals surface area contributed by atoms with E-state index in [4.69, 9.17) is 5.26 Å². The third kappa shape index (κ3) is 1.67. The number of nitrogens with zero attached hydrogens (tertiary/aromatic N) is 1. The van der Waals surface area contributed by atoms with E-state index in [2.05, 4.69) is 19.9 Å². The highest BCUT2D eigenvalue weighted by molar-refractivity contribution is 5.83. The zero-order valence-electron chi connectivity index (χ0n) is 10.3. The van der Waals surface area contributed by atoms with Gasteiger partial charge in [-0.3, -0.25) is 4.79 Å². The molecule has 2 aliphatic carbocycles. The molecule has 2 saturated carbocycles. The highest BCUT2D eigenvalue weighted by atomic mass is 16.1. The third-order valence-electron chi connectivity index (χ3n) is 5.04. The van der Waals surface area contributed by atoms with Crippen molar-refractivity contribution in [3.63, 3.8) is 0 Å². The fourth-order valence-corrected chi connectivity index (χ4v) is 4.19. The summed E-state index contributed by atoms with van der Waals surface area (Å²) in [4.78, 5) is 11.9. The van der Waals surface area contributed by atoms with Gasteiger partial charge in [0.05, 0.1) is 6.07 Å². The van der Waals surface area contributed by atoms with Gasteiger partial charge in [-0.1, -0.05) is 13.8 Å². The van der Waals surface area contributed by atoms with Gasteiger partial charge >= 0.3 is 0 Å². The van der Waals surface area contributed by atoms with E-state index < -0.39 is 0 Å². The monoisotopic (exact) mass is 219 g/mol. The van der Waals surface area contributed by atoms with Crippen LogP contribution in [0.2, 0.25) is 0 Å². The number of fused-ring (bicyclic) bond motifs is 1. The van der Waals surface area contributed by atoms with Gasteiger partial charge in [-0.2, -0.15) is 5.26 Å². The van der Waals surface area contributed by atoms with E-state index in [-0.39, 0.29) is 5.41 Å². The highest BCUT2D eigenvalue weighted by Crippen LogP contribution is 2.56. The van der Waals surface area contributed by atoms with E-state index in [1.54, 1.807) is 0 Å². The molecule has 0 bridgehead atoms. The summed E-state index contributed by atoms with van der Waals surface area (Å²) in [5.74, 6) is 1.82. The Hall–Kier alpha value is -0.840. The molecule has 88 valence electrons. The van der Waals surface area contributed by atoms with Crippen molar-refractivity contribution < 1.29 is 4.79 Å². The van der Waals surface area contributed by atoms with Crippen molar-refractivity contribution in [2.24, 2.45) is 23.2 Å². The zero-order valence-corrected chi connectivity index (χ0v) is 10.3. The largest absolute Gasteiger partial charge is 0.299 e. The Morgan fingerprint density at radius 1 is 1.56 bits per heavy atom. The number of rotatable bonds is 2. The van der Waals surface area contributed by atoms with E-state index >= 15 is 0 Å². The lowest BCUT2D eigenvalue weighted by Gasteiger charge is -2.41. The Balaban J connectivity index is 2.18. The molecule has 2 fully saturated rings. The van der Waals surface area contributed by atoms with Gasteiger partial charge in [-0.25, -0.2) is 0 Å². The number of hydrogen-bond donors (Lipinski definition) is 0. The lowest BCUT2D eigenvalue weighted by molar-refractivity contribution is -0.130. The lowest BCUT2D eigenvalue weighted by atomic mass is 9.62. The number of hydrogen-bond acceptors (Lipinski definition) is 2. The van der Waals surface area contributed by atoms with E-state index in [1.807, 2.05) is 0 Å². The molecule has 0 heterocycles. The normalized spacial score (nSPS) is 40.2. The van der Waals surface area contributed by atoms with E-state index in [1.165, 1.54) is 6.42 Å². The summed E-state index contributed by atoms with van der Waals surface area (Å²) in [5.41, 5.74) is 0.200. The maximum atomic E-state index is 11.9. The molecule has 2 heteroatoms. The standard InChI is InChI=1S/C14H21NO/c1-10(7-9-15)11-5-6-12-13(16)4-3-8-14(11,12)2/h10-12H,3-8H2,1-2H3/t10-,11-,12?,14-/m1/s1. The Labute approximate surface area is 98.0 Å². The van der Waals surface area contributed by atoms with Crippen LogP contribution in [0, 0.1) is 34.5 Å². The number of nitriles is 1. The molecule has 2 rings (SSSR count). The van der Waals surface area contributed by atoms with Crippen LogP contribution in [0.5, 0.6) is 0 Å². The third-order valence-corrected chi connectivity index (χ3v) is 5.04. The number of ketones is 1. The molecule has 0 spiro atoms. The quantitative estimate of drug-likeness (QED) is 0.714. The van der Waals surface area contributed by atoms with Crippen molar-refractivity contribution in [3.05, 3.63) is 0 Å². The lowest BCUT2D eigenvalue weighted by Crippen LogP contribution is -2.39. The van der Waals surface area contributed by atoms with Gasteiger partial charge in [-0.05, 0) is 42.9 Å². The molecular weight excluding hydrogens is 198 g/mol. The van der Waals surface area contributed by atoms with Crippen molar-refractivity contribution in [3.8, 4) is 6.07 Å². The molecule has 0 aromatic rings. The average Bonchev–Trinajstić information content (AvgIpc) is 2.57. The van der Waals surface area contributed by atoms with Crippen molar-refractivity contribution in [2.75, 3.05) is 0 Å². The summed E-state index contributed by atoms with van der Waals surface area (Å²) in [6.45, 7) is 4.47. The second-order valence-electron chi connectivity index (χ2n) is 5.90. The van der Waals surface area contributed by atoms with Gasteiger partial charge in [0.1, 0.15) is 5.78 Å². The fraction of sp³-hybridized carbons (Fsp3) is 0.857. The number of Topliss-reactive ketones (excluding diaryl/α,β-unsaturated/α-hetero) is 1. The maximum Gasteiger partial charge on any atom is 0.136 e. The van der Waals surface area contributed by atoms with Crippen LogP contribution < -0.4 is 0 Å². The predicted molar refractivity (Wildman–Crippen MR) is 62.6 cm³/mol. The number of carbonyl (C=O) groups excluding carboxylic acids is 1. The second kappa shape index (κ2) is 4.20. The maximum absolute atomic E-state index is 11.9. The summed E-state index contributed by atoms with van der Waals surface area (Å²) in [5, 5.41) is 8.81. The van der Waals surface area contributed by atoms with Crippen LogP contribution in [0.15, 0.2) is 0 Å². The molecule has 16 heavy (non-hydrogen) atoms. The van der Waals surface area contributed by atoms with Gasteiger partial charge in [0, 0.05) is 18.8 Å². The second-order valence-corrected chi connectivity index (χ2v) is 5.90. The average molecular weight is 219 g/mol. The Bertz CT molecular complexity index is 330. The fourth-order valence-electron chi connectivity index (χ4n) is 4.19. The van der Waals surface area contributed by atoms with Crippen molar-refractivity contribution >= 4 is 5.78 Å². The molecule has 0 aliphatic heterocycles. The van der Waals surface area contributed by atoms with Gasteiger partial charge in [0.15, 0.2) is 0 Å². The summed E-state index contributed by atoms with van der Waals surface area (Å²) in [6, 6.07) is 2.28. The smallest absolute Gasteiger partial charge is 0.136 e. The minimum atomic E-state index is 0.200. The van der Waals surface area contributed by atoms with Crippen LogP contribution in [-0.2, 0) is 4.79 Å². The van der Waals surface area contributed by atoms with Crippen LogP contribution >= 0.6 is 0 Å². The highest BCUT2D eigenvalue weighted by Gasteiger charge is 2.52. The molecule has 0 radical (unpaired) electrons. The number of carbonyl (C=O) groups is 1. The Morgan fingerprint density at radius 2 is 2.31 bits per heavy atom. The van der Waals surface area contributed by atoms with E-state index in [0.29, 0.717) is 30.0 Å². The first-order valence-electron chi connectivity index (χ1n) is 6.49. The molecule has 0 aromatic heterocycles. The van der Waals surface area contributed by atoms with Gasteiger partial charge < -0.3 is 0 Å². The van der Waals surface area contributed by atoms with Crippen LogP contribution in [0.25, 0.3) is 0 Å². The molecule has 0 N–H and O–H groups in total. The summed E-state index contributed by atoms with van der Waals surface area (Å²) in [6.07, 6.45) is 5.89. The molecular formula is C14H21NO. The summed E-state index contributed by atoms with van der Waals surface area (Å²) < 4.78 is 0. The van der Waals surface area contributed by atoms with Crippen LogP contribution in [0.3, 0.4) is 0 Å². The Morgan fingerprint density at radius 3 is 3.00 bits per heavy atom. The molecule has 2 nitrogen and oxygen atoms in total. The first-order chi connectivity index (χ1) is 7.59. The molecule has 0 amide bonds. The van der Waals surface area contributed by atoms with Crippen molar-refractivity contribution in [1.82, 2.24) is 0 Å². The minimum Gasteiger partial charge on any atom is -0.299 e. The molecule has 0 saturated heterocycles. The van der Waals surface area contributed by atoms with Gasteiger partial charge in [0.25, 0.3) is 0 Å². The molecule has 0 aromatic carbocycles. The van der Waals surface area contributed by atoms with Crippen LogP contribution in [-0.4, -0.2) is 5.78 Å². The molecule has 4 atom stereocenters. The van der Waals surface area contributed by atoms with E-state index in [9.17, 15) is 4.79 Å². The first kappa shape index (κ1) is 11.6. The van der Waals surface area contributed by atoms with Gasteiger partial charge in [-0.15, -0.1) is 0 Å². The predicted octanol–water partition coefficient (Wildman–Crippen LogP) is 3.32. The topological polar surface area (TPSA) is 40.9 Å². The first-order valence-corrected chi connectivity index (χ1v) is 6.49. The summed E-state index contributed by atoms with van der Waals surface area (Å²) in [7, 11) is 0. The summed E-state index contributed by atoms with van der Waals surface area (Å²) >= 11 is 0. The van der Waals surface area contributed by atoms with Crippen molar-refractivity contribution in [1.29, 1.82) is 5.26 Å². The molecule has 2 aliphatic rings. The van der Waals surface area contributed by atoms with Crippen LogP contribution in [0.1, 0.15) is 52.4 Å². The molecule has 1 unspecified atom stereocenters. The van der Waals surface area contributed by atoms with E-state index in [0.717, 1.165) is 25.7 Å². The van der Waals surface area contributed by atoms with Crippen molar-refractivity contribution in [2.45, 2.75) is 52.4 Å². The van der Waals surface area contributed by atoms with Crippen LogP contribution in [0.4, 0.5) is 0 Å². The van der Waals surface area contributed by atoms with Gasteiger partial charge in [0.2, 0.25) is 0 Å². The SMILES string of the molecule is C[C@H](CC#N)[C@H]1CCC2C(=O)CCC[C@@]21C. The Kier molecular flexibility index (Phi) is 3.06. The minimum absolute atomic E-state index is 0.200.